The minimum Gasteiger partial charge on any atom is -0.470 e. The van der Waals surface area contributed by atoms with Gasteiger partial charge in [0.2, 0.25) is 5.88 Å². The maximum absolute atomic E-state index is 11.7. The SMILES string of the molecule is O=c1[nH]nc(OCc2cccc(CO)n2)c2ccccc12. The van der Waals surface area contributed by atoms with Gasteiger partial charge in [-0.1, -0.05) is 18.2 Å². The Morgan fingerprint density at radius 1 is 1.05 bits per heavy atom. The molecule has 6 heteroatoms. The lowest BCUT2D eigenvalue weighted by molar-refractivity contribution is 0.270. The second-order valence-electron chi connectivity index (χ2n) is 4.47. The van der Waals surface area contributed by atoms with Crippen molar-refractivity contribution in [2.75, 3.05) is 0 Å². The molecule has 0 aliphatic carbocycles. The van der Waals surface area contributed by atoms with Gasteiger partial charge in [0.25, 0.3) is 5.56 Å². The van der Waals surface area contributed by atoms with Crippen molar-refractivity contribution in [3.63, 3.8) is 0 Å². The molecule has 0 radical (unpaired) electrons. The molecule has 0 saturated heterocycles. The predicted octanol–water partition coefficient (Wildman–Crippen LogP) is 1.39. The van der Waals surface area contributed by atoms with E-state index < -0.39 is 0 Å². The van der Waals surface area contributed by atoms with Crippen LogP contribution in [0.15, 0.2) is 47.3 Å². The highest BCUT2D eigenvalue weighted by atomic mass is 16.5. The summed E-state index contributed by atoms with van der Waals surface area (Å²) in [6, 6.07) is 12.4. The summed E-state index contributed by atoms with van der Waals surface area (Å²) in [5, 5.41) is 16.6. The van der Waals surface area contributed by atoms with E-state index in [1.807, 2.05) is 6.07 Å². The number of H-pyrrole nitrogens is 1. The molecule has 21 heavy (non-hydrogen) atoms. The highest BCUT2D eigenvalue weighted by Crippen LogP contribution is 2.19. The van der Waals surface area contributed by atoms with Crippen molar-refractivity contribution in [2.45, 2.75) is 13.2 Å². The van der Waals surface area contributed by atoms with E-state index in [-0.39, 0.29) is 18.8 Å². The third-order valence-electron chi connectivity index (χ3n) is 3.04. The van der Waals surface area contributed by atoms with Crippen molar-refractivity contribution < 1.29 is 9.84 Å². The van der Waals surface area contributed by atoms with Crippen LogP contribution in [0.25, 0.3) is 10.8 Å². The molecule has 0 aliphatic heterocycles. The number of pyridine rings is 1. The molecule has 2 N–H and O–H groups in total. The second-order valence-corrected chi connectivity index (χ2v) is 4.47. The van der Waals surface area contributed by atoms with E-state index in [1.165, 1.54) is 0 Å². The molecule has 2 aromatic heterocycles. The van der Waals surface area contributed by atoms with E-state index in [9.17, 15) is 4.79 Å². The van der Waals surface area contributed by atoms with Crippen LogP contribution < -0.4 is 10.3 Å². The number of aromatic amines is 1. The van der Waals surface area contributed by atoms with Gasteiger partial charge < -0.3 is 9.84 Å². The topological polar surface area (TPSA) is 88.1 Å². The largest absolute Gasteiger partial charge is 0.470 e. The maximum atomic E-state index is 11.7. The standard InChI is InChI=1S/C15H13N3O3/c19-8-10-4-3-5-11(16-10)9-21-15-13-7-2-1-6-12(13)14(20)17-18-15/h1-7,19H,8-9H2,(H,17,20). The van der Waals surface area contributed by atoms with Crippen molar-refractivity contribution in [1.29, 1.82) is 0 Å². The molecule has 0 fully saturated rings. The van der Waals surface area contributed by atoms with Crippen LogP contribution in [0, 0.1) is 0 Å². The molecule has 0 bridgehead atoms. The summed E-state index contributed by atoms with van der Waals surface area (Å²) < 4.78 is 5.63. The van der Waals surface area contributed by atoms with Crippen molar-refractivity contribution in [2.24, 2.45) is 0 Å². The average Bonchev–Trinajstić information content (AvgIpc) is 2.55. The van der Waals surface area contributed by atoms with Crippen LogP contribution in [0.5, 0.6) is 5.88 Å². The number of nitrogens with zero attached hydrogens (tertiary/aromatic N) is 2. The first-order chi connectivity index (χ1) is 10.3. The van der Waals surface area contributed by atoms with Crippen molar-refractivity contribution in [3.8, 4) is 5.88 Å². The maximum Gasteiger partial charge on any atom is 0.272 e. The first kappa shape index (κ1) is 13.3. The number of fused-ring (bicyclic) bond motifs is 1. The summed E-state index contributed by atoms with van der Waals surface area (Å²) >= 11 is 0. The van der Waals surface area contributed by atoms with Gasteiger partial charge in [-0.2, -0.15) is 0 Å². The fraction of sp³-hybridized carbons (Fsp3) is 0.133. The first-order valence-corrected chi connectivity index (χ1v) is 6.44. The van der Waals surface area contributed by atoms with Crippen molar-refractivity contribution in [3.05, 3.63) is 64.2 Å². The van der Waals surface area contributed by atoms with Crippen LogP contribution in [-0.4, -0.2) is 20.3 Å². The van der Waals surface area contributed by atoms with Gasteiger partial charge in [-0.3, -0.25) is 9.78 Å². The van der Waals surface area contributed by atoms with E-state index in [2.05, 4.69) is 15.2 Å². The fourth-order valence-corrected chi connectivity index (χ4v) is 2.04. The predicted molar refractivity (Wildman–Crippen MR) is 76.9 cm³/mol. The van der Waals surface area contributed by atoms with E-state index in [0.717, 1.165) is 0 Å². The van der Waals surface area contributed by atoms with E-state index in [4.69, 9.17) is 9.84 Å². The lowest BCUT2D eigenvalue weighted by Gasteiger charge is -2.07. The molecule has 106 valence electrons. The molecule has 3 aromatic rings. The Kier molecular flexibility index (Phi) is 3.61. The molecular weight excluding hydrogens is 270 g/mol. The van der Waals surface area contributed by atoms with Gasteiger partial charge in [-0.15, -0.1) is 5.10 Å². The second kappa shape index (κ2) is 5.72. The van der Waals surface area contributed by atoms with E-state index in [0.29, 0.717) is 28.0 Å². The molecule has 2 heterocycles. The number of aliphatic hydroxyl groups excluding tert-OH is 1. The average molecular weight is 283 g/mol. The van der Waals surface area contributed by atoms with Crippen LogP contribution in [-0.2, 0) is 13.2 Å². The summed E-state index contributed by atoms with van der Waals surface area (Å²) in [5.41, 5.74) is 1.01. The van der Waals surface area contributed by atoms with Crippen LogP contribution in [0.1, 0.15) is 11.4 Å². The molecule has 0 amide bonds. The van der Waals surface area contributed by atoms with E-state index >= 15 is 0 Å². The molecule has 1 aromatic carbocycles. The molecular formula is C15H13N3O3. The number of rotatable bonds is 4. The highest BCUT2D eigenvalue weighted by Gasteiger charge is 2.07. The Morgan fingerprint density at radius 3 is 2.62 bits per heavy atom. The monoisotopic (exact) mass is 283 g/mol. The van der Waals surface area contributed by atoms with Crippen molar-refractivity contribution in [1.82, 2.24) is 15.2 Å². The minimum absolute atomic E-state index is 0.117. The van der Waals surface area contributed by atoms with Gasteiger partial charge in [-0.05, 0) is 24.3 Å². The number of hydrogen-bond donors (Lipinski definition) is 2. The zero-order valence-electron chi connectivity index (χ0n) is 11.1. The highest BCUT2D eigenvalue weighted by molar-refractivity contribution is 5.85. The summed E-state index contributed by atoms with van der Waals surface area (Å²) in [5.74, 6) is 0.349. The smallest absolute Gasteiger partial charge is 0.272 e. The molecule has 0 unspecified atom stereocenters. The Bertz CT molecular complexity index is 830. The Morgan fingerprint density at radius 2 is 1.81 bits per heavy atom. The quantitative estimate of drug-likeness (QED) is 0.755. The van der Waals surface area contributed by atoms with E-state index in [1.54, 1.807) is 36.4 Å². The number of nitrogens with one attached hydrogen (secondary N) is 1. The number of aliphatic hydroxyl groups is 1. The summed E-state index contributed by atoms with van der Waals surface area (Å²) in [6.45, 7) is 0.0879. The minimum atomic E-state index is -0.252. The fourth-order valence-electron chi connectivity index (χ4n) is 2.04. The lowest BCUT2D eigenvalue weighted by Crippen LogP contribution is -2.10. The van der Waals surface area contributed by atoms with Crippen LogP contribution in [0.2, 0.25) is 0 Å². The molecule has 0 saturated carbocycles. The molecule has 6 nitrogen and oxygen atoms in total. The van der Waals surface area contributed by atoms with Crippen LogP contribution in [0.3, 0.4) is 0 Å². The first-order valence-electron chi connectivity index (χ1n) is 6.44. The van der Waals surface area contributed by atoms with Gasteiger partial charge in [0.1, 0.15) is 6.61 Å². The molecule has 0 aliphatic rings. The van der Waals surface area contributed by atoms with Gasteiger partial charge in [-0.25, -0.2) is 5.10 Å². The Hall–Kier alpha value is -2.73. The third-order valence-corrected chi connectivity index (χ3v) is 3.04. The van der Waals surface area contributed by atoms with Crippen LogP contribution >= 0.6 is 0 Å². The Balaban J connectivity index is 1.88. The van der Waals surface area contributed by atoms with Gasteiger partial charge >= 0.3 is 0 Å². The third kappa shape index (κ3) is 2.75. The molecule has 0 spiro atoms. The lowest BCUT2D eigenvalue weighted by atomic mass is 10.2. The number of ether oxygens (including phenoxy) is 1. The number of benzene rings is 1. The van der Waals surface area contributed by atoms with Crippen molar-refractivity contribution >= 4 is 10.8 Å². The molecule has 0 atom stereocenters. The molecule has 3 rings (SSSR count). The van der Waals surface area contributed by atoms with Gasteiger partial charge in [0.15, 0.2) is 0 Å². The van der Waals surface area contributed by atoms with Crippen LogP contribution in [0.4, 0.5) is 0 Å². The zero-order chi connectivity index (χ0) is 14.7. The normalized spacial score (nSPS) is 10.7. The summed E-state index contributed by atoms with van der Waals surface area (Å²) in [6.07, 6.45) is 0. The Labute approximate surface area is 120 Å². The number of hydrogen-bond acceptors (Lipinski definition) is 5. The number of aromatic nitrogens is 3. The van der Waals surface area contributed by atoms with Gasteiger partial charge in [0.05, 0.1) is 28.8 Å². The van der Waals surface area contributed by atoms with Gasteiger partial charge in [0, 0.05) is 0 Å². The summed E-state index contributed by atoms with van der Waals surface area (Å²) in [7, 11) is 0. The zero-order valence-corrected chi connectivity index (χ0v) is 11.1. The summed E-state index contributed by atoms with van der Waals surface area (Å²) in [4.78, 5) is 15.9.